The second kappa shape index (κ2) is 4.90. The Morgan fingerprint density at radius 1 is 1.40 bits per heavy atom. The van der Waals surface area contributed by atoms with E-state index in [1.54, 1.807) is 12.4 Å². The number of nitrogens with one attached hydrogen (secondary N) is 1. The van der Waals surface area contributed by atoms with Crippen LogP contribution in [0.3, 0.4) is 0 Å². The van der Waals surface area contributed by atoms with Gasteiger partial charge in [0.05, 0.1) is 44.0 Å². The zero-order valence-corrected chi connectivity index (χ0v) is 8.35. The standard InChI is InChI=1S/C9H14N4O2/c10-7-3-11-9(12-4-7)13-5-8-6-14-1-2-15-8/h3-4,8H,1-2,5-6,10H2,(H,11,12,13). The number of nitrogens with zero attached hydrogens (tertiary/aromatic N) is 2. The number of rotatable bonds is 3. The van der Waals surface area contributed by atoms with Gasteiger partial charge in [0.15, 0.2) is 0 Å². The topological polar surface area (TPSA) is 82.3 Å². The van der Waals surface area contributed by atoms with Gasteiger partial charge in [-0.3, -0.25) is 0 Å². The maximum atomic E-state index is 5.47. The van der Waals surface area contributed by atoms with E-state index in [1.165, 1.54) is 0 Å². The van der Waals surface area contributed by atoms with Gasteiger partial charge in [0.25, 0.3) is 0 Å². The van der Waals surface area contributed by atoms with E-state index in [2.05, 4.69) is 15.3 Å². The molecule has 1 atom stereocenters. The maximum absolute atomic E-state index is 5.47. The van der Waals surface area contributed by atoms with E-state index in [0.29, 0.717) is 38.0 Å². The third-order valence-electron chi connectivity index (χ3n) is 2.04. The molecule has 3 N–H and O–H groups in total. The summed E-state index contributed by atoms with van der Waals surface area (Å²) in [6.07, 6.45) is 3.20. The Morgan fingerprint density at radius 3 is 2.87 bits per heavy atom. The lowest BCUT2D eigenvalue weighted by Crippen LogP contribution is -2.34. The predicted molar refractivity (Wildman–Crippen MR) is 55.5 cm³/mol. The molecular formula is C9H14N4O2. The molecule has 15 heavy (non-hydrogen) atoms. The average Bonchev–Trinajstić information content (AvgIpc) is 2.30. The SMILES string of the molecule is Nc1cnc(NCC2COCCO2)nc1. The molecule has 0 aromatic carbocycles. The van der Waals surface area contributed by atoms with Crippen LogP contribution < -0.4 is 11.1 Å². The van der Waals surface area contributed by atoms with Crippen molar-refractivity contribution in [2.75, 3.05) is 37.4 Å². The molecule has 1 aromatic heterocycles. The van der Waals surface area contributed by atoms with Gasteiger partial charge < -0.3 is 20.5 Å². The molecule has 6 nitrogen and oxygen atoms in total. The summed E-state index contributed by atoms with van der Waals surface area (Å²) >= 11 is 0. The highest BCUT2D eigenvalue weighted by Crippen LogP contribution is 2.04. The molecule has 1 unspecified atom stereocenters. The third-order valence-corrected chi connectivity index (χ3v) is 2.04. The van der Waals surface area contributed by atoms with Crippen molar-refractivity contribution in [2.24, 2.45) is 0 Å². The quantitative estimate of drug-likeness (QED) is 0.724. The van der Waals surface area contributed by atoms with Crippen molar-refractivity contribution in [1.82, 2.24) is 9.97 Å². The lowest BCUT2D eigenvalue weighted by Gasteiger charge is -2.22. The molecule has 2 rings (SSSR count). The fraction of sp³-hybridized carbons (Fsp3) is 0.556. The molecule has 0 saturated carbocycles. The largest absolute Gasteiger partial charge is 0.396 e. The van der Waals surface area contributed by atoms with E-state index in [0.717, 1.165) is 0 Å². The number of aromatic nitrogens is 2. The van der Waals surface area contributed by atoms with Crippen LogP contribution in [-0.4, -0.2) is 42.4 Å². The van der Waals surface area contributed by atoms with E-state index < -0.39 is 0 Å². The number of nitrogens with two attached hydrogens (primary N) is 1. The van der Waals surface area contributed by atoms with Crippen LogP contribution in [0.4, 0.5) is 11.6 Å². The Balaban J connectivity index is 1.79. The molecule has 1 aliphatic heterocycles. The number of hydrogen-bond donors (Lipinski definition) is 2. The van der Waals surface area contributed by atoms with Crippen LogP contribution in [-0.2, 0) is 9.47 Å². The Morgan fingerprint density at radius 2 is 2.20 bits per heavy atom. The monoisotopic (exact) mass is 210 g/mol. The minimum absolute atomic E-state index is 0.0694. The summed E-state index contributed by atoms with van der Waals surface area (Å²) < 4.78 is 10.7. The van der Waals surface area contributed by atoms with E-state index >= 15 is 0 Å². The number of nitrogen functional groups attached to an aromatic ring is 1. The first kappa shape index (κ1) is 10.1. The van der Waals surface area contributed by atoms with Crippen molar-refractivity contribution in [1.29, 1.82) is 0 Å². The van der Waals surface area contributed by atoms with Crippen LogP contribution in [0.25, 0.3) is 0 Å². The average molecular weight is 210 g/mol. The zero-order chi connectivity index (χ0) is 10.5. The van der Waals surface area contributed by atoms with Crippen LogP contribution in [0.1, 0.15) is 0 Å². The molecule has 6 heteroatoms. The first-order valence-corrected chi connectivity index (χ1v) is 4.85. The number of hydrogen-bond acceptors (Lipinski definition) is 6. The fourth-order valence-corrected chi connectivity index (χ4v) is 1.29. The first-order valence-electron chi connectivity index (χ1n) is 4.85. The van der Waals surface area contributed by atoms with Gasteiger partial charge in [0.2, 0.25) is 5.95 Å². The van der Waals surface area contributed by atoms with Crippen molar-refractivity contribution in [3.05, 3.63) is 12.4 Å². The summed E-state index contributed by atoms with van der Waals surface area (Å²) in [5.74, 6) is 0.554. The molecule has 0 radical (unpaired) electrons. The van der Waals surface area contributed by atoms with Gasteiger partial charge >= 0.3 is 0 Å². The highest BCUT2D eigenvalue weighted by atomic mass is 16.6. The molecule has 1 aliphatic rings. The van der Waals surface area contributed by atoms with Gasteiger partial charge in [-0.2, -0.15) is 0 Å². The predicted octanol–water partition coefficient (Wildman–Crippen LogP) is -0.114. The van der Waals surface area contributed by atoms with Crippen LogP contribution in [0.5, 0.6) is 0 Å². The lowest BCUT2D eigenvalue weighted by atomic mass is 10.3. The maximum Gasteiger partial charge on any atom is 0.222 e. The molecule has 0 amide bonds. The molecule has 0 aliphatic carbocycles. The Kier molecular flexibility index (Phi) is 3.31. The number of anilines is 2. The Labute approximate surface area is 87.8 Å². The Hall–Kier alpha value is -1.40. The van der Waals surface area contributed by atoms with Gasteiger partial charge in [0, 0.05) is 6.54 Å². The van der Waals surface area contributed by atoms with Crippen molar-refractivity contribution in [3.8, 4) is 0 Å². The van der Waals surface area contributed by atoms with Crippen LogP contribution in [0.15, 0.2) is 12.4 Å². The molecule has 0 spiro atoms. The summed E-state index contributed by atoms with van der Waals surface area (Å²) in [6.45, 7) is 2.58. The van der Waals surface area contributed by atoms with Gasteiger partial charge in [-0.05, 0) is 0 Å². The van der Waals surface area contributed by atoms with E-state index in [9.17, 15) is 0 Å². The highest BCUT2D eigenvalue weighted by molar-refractivity contribution is 5.35. The highest BCUT2D eigenvalue weighted by Gasteiger charge is 2.13. The van der Waals surface area contributed by atoms with Gasteiger partial charge in [-0.15, -0.1) is 0 Å². The molecule has 2 heterocycles. The second-order valence-corrected chi connectivity index (χ2v) is 3.29. The van der Waals surface area contributed by atoms with E-state index in [1.807, 2.05) is 0 Å². The molecule has 0 bridgehead atoms. The molecule has 1 saturated heterocycles. The van der Waals surface area contributed by atoms with Crippen LogP contribution in [0.2, 0.25) is 0 Å². The molecule has 1 fully saturated rings. The lowest BCUT2D eigenvalue weighted by molar-refractivity contribution is -0.0819. The summed E-state index contributed by atoms with van der Waals surface area (Å²) in [7, 11) is 0. The van der Waals surface area contributed by atoms with Gasteiger partial charge in [-0.25, -0.2) is 9.97 Å². The third kappa shape index (κ3) is 3.03. The first-order chi connectivity index (χ1) is 7.34. The van der Waals surface area contributed by atoms with Gasteiger partial charge in [0.1, 0.15) is 0 Å². The fourth-order valence-electron chi connectivity index (χ4n) is 1.29. The van der Waals surface area contributed by atoms with Crippen molar-refractivity contribution in [2.45, 2.75) is 6.10 Å². The van der Waals surface area contributed by atoms with Crippen molar-refractivity contribution in [3.63, 3.8) is 0 Å². The minimum atomic E-state index is 0.0694. The summed E-state index contributed by atoms with van der Waals surface area (Å²) in [6, 6.07) is 0. The van der Waals surface area contributed by atoms with Crippen molar-refractivity contribution < 1.29 is 9.47 Å². The zero-order valence-electron chi connectivity index (χ0n) is 8.35. The smallest absolute Gasteiger partial charge is 0.222 e. The second-order valence-electron chi connectivity index (χ2n) is 3.29. The normalized spacial score (nSPS) is 21.2. The molecular weight excluding hydrogens is 196 g/mol. The van der Waals surface area contributed by atoms with Crippen LogP contribution in [0, 0.1) is 0 Å². The summed E-state index contributed by atoms with van der Waals surface area (Å²) in [5.41, 5.74) is 6.02. The van der Waals surface area contributed by atoms with Crippen molar-refractivity contribution >= 4 is 11.6 Å². The minimum Gasteiger partial charge on any atom is -0.396 e. The van der Waals surface area contributed by atoms with Gasteiger partial charge in [-0.1, -0.05) is 0 Å². The summed E-state index contributed by atoms with van der Waals surface area (Å²) in [5, 5.41) is 3.06. The molecule has 82 valence electrons. The van der Waals surface area contributed by atoms with Crippen LogP contribution >= 0.6 is 0 Å². The van der Waals surface area contributed by atoms with E-state index in [4.69, 9.17) is 15.2 Å². The molecule has 1 aromatic rings. The summed E-state index contributed by atoms with van der Waals surface area (Å²) in [4.78, 5) is 8.04. The Bertz CT molecular complexity index is 297. The number of ether oxygens (including phenoxy) is 2. The van der Waals surface area contributed by atoms with E-state index in [-0.39, 0.29) is 6.10 Å².